The second-order valence-electron chi connectivity index (χ2n) is 4.21. The fourth-order valence-electron chi connectivity index (χ4n) is 2.10. The minimum absolute atomic E-state index is 0.0959. The Kier molecular flexibility index (Phi) is 4.11. The standard InChI is InChI=1S/C13H19N5O/c1-5-9-8-10(18(3)17-9)11(14-2)12-13(19-4)16-7-6-15-12/h6-8,11,14H,5H2,1-4H3. The van der Waals surface area contributed by atoms with E-state index in [4.69, 9.17) is 4.74 Å². The van der Waals surface area contributed by atoms with Crippen molar-refractivity contribution in [1.82, 2.24) is 25.1 Å². The van der Waals surface area contributed by atoms with E-state index < -0.39 is 0 Å². The third-order valence-corrected chi connectivity index (χ3v) is 3.07. The highest BCUT2D eigenvalue weighted by molar-refractivity contribution is 5.30. The van der Waals surface area contributed by atoms with Crippen molar-refractivity contribution >= 4 is 0 Å². The summed E-state index contributed by atoms with van der Waals surface area (Å²) in [5.41, 5.74) is 2.86. The van der Waals surface area contributed by atoms with E-state index in [-0.39, 0.29) is 6.04 Å². The molecule has 0 bridgehead atoms. The molecular formula is C13H19N5O. The van der Waals surface area contributed by atoms with Crippen molar-refractivity contribution in [2.24, 2.45) is 7.05 Å². The van der Waals surface area contributed by atoms with Crippen LogP contribution in [0.15, 0.2) is 18.5 Å². The lowest BCUT2D eigenvalue weighted by Crippen LogP contribution is -2.22. The molecule has 0 saturated heterocycles. The van der Waals surface area contributed by atoms with Crippen LogP contribution >= 0.6 is 0 Å². The highest BCUT2D eigenvalue weighted by Crippen LogP contribution is 2.26. The summed E-state index contributed by atoms with van der Waals surface area (Å²) in [7, 11) is 5.42. The molecule has 0 aliphatic heterocycles. The smallest absolute Gasteiger partial charge is 0.237 e. The van der Waals surface area contributed by atoms with Crippen LogP contribution in [0.4, 0.5) is 0 Å². The van der Waals surface area contributed by atoms with E-state index in [1.165, 1.54) is 0 Å². The Bertz CT molecular complexity index is 552. The summed E-state index contributed by atoms with van der Waals surface area (Å²) < 4.78 is 7.15. The van der Waals surface area contributed by atoms with Crippen LogP contribution in [0.3, 0.4) is 0 Å². The summed E-state index contributed by atoms with van der Waals surface area (Å²) in [6.45, 7) is 2.09. The monoisotopic (exact) mass is 261 g/mol. The molecule has 6 nitrogen and oxygen atoms in total. The number of nitrogens with zero attached hydrogens (tertiary/aromatic N) is 4. The average Bonchev–Trinajstić information content (AvgIpc) is 2.82. The van der Waals surface area contributed by atoms with E-state index >= 15 is 0 Å². The third-order valence-electron chi connectivity index (χ3n) is 3.07. The minimum Gasteiger partial charge on any atom is -0.480 e. The van der Waals surface area contributed by atoms with Crippen LogP contribution in [0.5, 0.6) is 5.88 Å². The molecule has 0 aliphatic rings. The van der Waals surface area contributed by atoms with Gasteiger partial charge in [0.15, 0.2) is 0 Å². The summed E-state index contributed by atoms with van der Waals surface area (Å²) in [5, 5.41) is 7.71. The zero-order valence-corrected chi connectivity index (χ0v) is 11.7. The molecule has 19 heavy (non-hydrogen) atoms. The molecule has 0 aromatic carbocycles. The van der Waals surface area contributed by atoms with Gasteiger partial charge in [-0.2, -0.15) is 5.10 Å². The summed E-state index contributed by atoms with van der Waals surface area (Å²) in [5.74, 6) is 0.529. The Morgan fingerprint density at radius 1 is 1.37 bits per heavy atom. The molecule has 0 aliphatic carbocycles. The SMILES string of the molecule is CCc1cc(C(NC)c2nccnc2OC)n(C)n1. The summed E-state index contributed by atoms with van der Waals surface area (Å²) in [4.78, 5) is 8.58. The zero-order chi connectivity index (χ0) is 13.8. The number of methoxy groups -OCH3 is 1. The Hall–Kier alpha value is -1.95. The second-order valence-corrected chi connectivity index (χ2v) is 4.21. The third kappa shape index (κ3) is 2.58. The zero-order valence-electron chi connectivity index (χ0n) is 11.7. The molecule has 1 atom stereocenters. The minimum atomic E-state index is -0.0959. The molecule has 2 aromatic rings. The van der Waals surface area contributed by atoms with Gasteiger partial charge in [-0.25, -0.2) is 4.98 Å². The fraction of sp³-hybridized carbons (Fsp3) is 0.462. The molecule has 0 fully saturated rings. The van der Waals surface area contributed by atoms with Gasteiger partial charge in [0, 0.05) is 19.4 Å². The average molecular weight is 261 g/mol. The Morgan fingerprint density at radius 2 is 2.11 bits per heavy atom. The number of rotatable bonds is 5. The van der Waals surface area contributed by atoms with Gasteiger partial charge in [0.1, 0.15) is 5.69 Å². The van der Waals surface area contributed by atoms with Gasteiger partial charge >= 0.3 is 0 Å². The normalized spacial score (nSPS) is 12.4. The van der Waals surface area contributed by atoms with E-state index in [1.54, 1.807) is 19.5 Å². The second kappa shape index (κ2) is 5.79. The summed E-state index contributed by atoms with van der Waals surface area (Å²) >= 11 is 0. The molecule has 6 heteroatoms. The van der Waals surface area contributed by atoms with Gasteiger partial charge in [-0.05, 0) is 19.5 Å². The van der Waals surface area contributed by atoms with Crippen LogP contribution in [0.1, 0.15) is 30.0 Å². The van der Waals surface area contributed by atoms with Gasteiger partial charge in [0.2, 0.25) is 5.88 Å². The lowest BCUT2D eigenvalue weighted by molar-refractivity contribution is 0.382. The first kappa shape index (κ1) is 13.5. The highest BCUT2D eigenvalue weighted by Gasteiger charge is 2.22. The van der Waals surface area contributed by atoms with E-state index in [9.17, 15) is 0 Å². The first-order valence-electron chi connectivity index (χ1n) is 6.26. The molecule has 0 spiro atoms. The van der Waals surface area contributed by atoms with E-state index in [1.807, 2.05) is 18.8 Å². The number of nitrogens with one attached hydrogen (secondary N) is 1. The molecular weight excluding hydrogens is 242 g/mol. The Balaban J connectivity index is 2.46. The quantitative estimate of drug-likeness (QED) is 0.873. The van der Waals surface area contributed by atoms with Crippen molar-refractivity contribution < 1.29 is 4.74 Å². The largest absolute Gasteiger partial charge is 0.480 e. The van der Waals surface area contributed by atoms with Crippen LogP contribution in [0.2, 0.25) is 0 Å². The van der Waals surface area contributed by atoms with Crippen LogP contribution in [-0.2, 0) is 13.5 Å². The predicted molar refractivity (Wildman–Crippen MR) is 72.1 cm³/mol. The summed E-state index contributed by atoms with van der Waals surface area (Å²) in [6, 6.07) is 1.98. The van der Waals surface area contributed by atoms with E-state index in [0.29, 0.717) is 5.88 Å². The maximum absolute atomic E-state index is 5.28. The molecule has 0 radical (unpaired) electrons. The van der Waals surface area contributed by atoms with Crippen LogP contribution in [0, 0.1) is 0 Å². The lowest BCUT2D eigenvalue weighted by atomic mass is 10.1. The molecule has 1 unspecified atom stereocenters. The van der Waals surface area contributed by atoms with Gasteiger partial charge in [0.25, 0.3) is 0 Å². The molecule has 102 valence electrons. The van der Waals surface area contributed by atoms with Gasteiger partial charge in [0.05, 0.1) is 24.5 Å². The van der Waals surface area contributed by atoms with Gasteiger partial charge in [-0.15, -0.1) is 0 Å². The highest BCUT2D eigenvalue weighted by atomic mass is 16.5. The number of aromatic nitrogens is 4. The van der Waals surface area contributed by atoms with Crippen LogP contribution < -0.4 is 10.1 Å². The molecule has 0 saturated carbocycles. The number of aryl methyl sites for hydroxylation is 2. The maximum Gasteiger partial charge on any atom is 0.237 e. The Labute approximate surface area is 112 Å². The summed E-state index contributed by atoms with van der Waals surface area (Å²) in [6.07, 6.45) is 4.19. The van der Waals surface area contributed by atoms with Crippen molar-refractivity contribution in [1.29, 1.82) is 0 Å². The van der Waals surface area contributed by atoms with E-state index in [2.05, 4.69) is 33.4 Å². The fourth-order valence-corrected chi connectivity index (χ4v) is 2.10. The molecule has 2 rings (SSSR count). The molecule has 1 N–H and O–H groups in total. The van der Waals surface area contributed by atoms with Gasteiger partial charge < -0.3 is 10.1 Å². The number of hydrogen-bond acceptors (Lipinski definition) is 5. The Morgan fingerprint density at radius 3 is 2.68 bits per heavy atom. The first-order chi connectivity index (χ1) is 9.21. The van der Waals surface area contributed by atoms with Crippen LogP contribution in [0.25, 0.3) is 0 Å². The van der Waals surface area contributed by atoms with Crippen molar-refractivity contribution in [3.8, 4) is 5.88 Å². The topological polar surface area (TPSA) is 64.9 Å². The van der Waals surface area contributed by atoms with Crippen LogP contribution in [-0.4, -0.2) is 33.9 Å². The predicted octanol–water partition coefficient (Wildman–Crippen LogP) is 1.09. The molecule has 2 heterocycles. The van der Waals surface area contributed by atoms with E-state index in [0.717, 1.165) is 23.5 Å². The first-order valence-corrected chi connectivity index (χ1v) is 6.26. The lowest BCUT2D eigenvalue weighted by Gasteiger charge is -2.17. The molecule has 2 aromatic heterocycles. The maximum atomic E-state index is 5.28. The van der Waals surface area contributed by atoms with Crippen molar-refractivity contribution in [3.05, 3.63) is 35.5 Å². The molecule has 0 amide bonds. The van der Waals surface area contributed by atoms with Gasteiger partial charge in [-0.1, -0.05) is 6.92 Å². The number of ether oxygens (including phenoxy) is 1. The van der Waals surface area contributed by atoms with Crippen molar-refractivity contribution in [2.75, 3.05) is 14.2 Å². The van der Waals surface area contributed by atoms with Gasteiger partial charge in [-0.3, -0.25) is 9.67 Å². The van der Waals surface area contributed by atoms with Crippen molar-refractivity contribution in [2.45, 2.75) is 19.4 Å². The van der Waals surface area contributed by atoms with Crippen molar-refractivity contribution in [3.63, 3.8) is 0 Å². The number of hydrogen-bond donors (Lipinski definition) is 1.